The second-order valence-electron chi connectivity index (χ2n) is 29.2. The normalized spacial score (nSPS) is 14.7. The Morgan fingerprint density at radius 3 is 0.740 bits per heavy atom. The lowest BCUT2D eigenvalue weighted by Gasteiger charge is -2.21. The summed E-state index contributed by atoms with van der Waals surface area (Å²) in [5.41, 5.74) is 0. The lowest BCUT2D eigenvalue weighted by Crippen LogP contribution is -2.30. The molecule has 0 aliphatic rings. The fourth-order valence-electron chi connectivity index (χ4n) is 11.7. The van der Waals surface area contributed by atoms with E-state index in [0.29, 0.717) is 25.7 Å². The Labute approximate surface area is 588 Å². The number of aliphatic hydroxyl groups excluding tert-OH is 1. The summed E-state index contributed by atoms with van der Waals surface area (Å²) >= 11 is 0. The van der Waals surface area contributed by atoms with Gasteiger partial charge in [-0.05, 0) is 49.4 Å². The fourth-order valence-corrected chi connectivity index (χ4v) is 13.2. The van der Waals surface area contributed by atoms with Crippen LogP contribution >= 0.6 is 15.6 Å². The maximum Gasteiger partial charge on any atom is 0.472 e. The van der Waals surface area contributed by atoms with E-state index in [2.05, 4.69) is 55.4 Å². The summed E-state index contributed by atoms with van der Waals surface area (Å²) in [6.07, 6.45) is 51.3. The van der Waals surface area contributed by atoms with Crippen LogP contribution in [0.25, 0.3) is 0 Å². The van der Waals surface area contributed by atoms with Gasteiger partial charge in [0, 0.05) is 25.7 Å². The summed E-state index contributed by atoms with van der Waals surface area (Å²) in [6, 6.07) is 0. The first-order valence-corrected chi connectivity index (χ1v) is 42.8. The largest absolute Gasteiger partial charge is 0.472 e. The minimum absolute atomic E-state index is 0.105. The third-order valence-electron chi connectivity index (χ3n) is 18.5. The van der Waals surface area contributed by atoms with Gasteiger partial charge in [-0.3, -0.25) is 37.3 Å². The van der Waals surface area contributed by atoms with Crippen molar-refractivity contribution in [2.45, 2.75) is 408 Å². The smallest absolute Gasteiger partial charge is 0.462 e. The number of aliphatic hydroxyl groups is 1. The zero-order chi connectivity index (χ0) is 71.0. The minimum Gasteiger partial charge on any atom is -0.462 e. The summed E-state index contributed by atoms with van der Waals surface area (Å²) in [6.45, 7) is 14.2. The van der Waals surface area contributed by atoms with Crippen LogP contribution < -0.4 is 0 Å². The van der Waals surface area contributed by atoms with Crippen molar-refractivity contribution in [3.63, 3.8) is 0 Å². The average Bonchev–Trinajstić information content (AvgIpc) is 1.19. The first-order chi connectivity index (χ1) is 46.2. The van der Waals surface area contributed by atoms with E-state index in [0.717, 1.165) is 120 Å². The van der Waals surface area contributed by atoms with Gasteiger partial charge in [-0.1, -0.05) is 338 Å². The molecule has 0 bridgehead atoms. The standard InChI is InChI=1S/C77H150O17P2/c1-9-69(7)55-47-39-31-25-18-13-11-12-14-19-26-32-41-49-57-74(79)87-63-72(93-76(81)59-51-43-33-27-20-16-15-17-23-29-37-45-53-67(3)4)65-91-95(83,84)89-61-71(78)62-90-96(85,86)92-66-73(64-88-75(80)58-50-42-36-35-40-48-56-70(8)10-2)94-77(82)60-52-44-34-28-22-21-24-30-38-46-54-68(5)6/h67-73,78H,9-66H2,1-8H3,(H,83,84)(H,85,86)/t69?,70?,71-,72-,73-/m1/s1. The molecule has 4 unspecified atom stereocenters. The molecule has 0 fully saturated rings. The Kier molecular flexibility index (Phi) is 65.0. The van der Waals surface area contributed by atoms with Crippen molar-refractivity contribution in [1.82, 2.24) is 0 Å². The highest BCUT2D eigenvalue weighted by Crippen LogP contribution is 2.45. The maximum atomic E-state index is 13.1. The quantitative estimate of drug-likeness (QED) is 0.0222. The van der Waals surface area contributed by atoms with Gasteiger partial charge >= 0.3 is 39.5 Å². The number of ether oxygens (including phenoxy) is 4. The highest BCUT2D eigenvalue weighted by Gasteiger charge is 2.30. The van der Waals surface area contributed by atoms with Gasteiger partial charge in [0.05, 0.1) is 26.4 Å². The summed E-state index contributed by atoms with van der Waals surface area (Å²) in [5.74, 6) is 0.989. The van der Waals surface area contributed by atoms with Crippen LogP contribution in [0.2, 0.25) is 0 Å². The van der Waals surface area contributed by atoms with Crippen LogP contribution in [0.15, 0.2) is 0 Å². The topological polar surface area (TPSA) is 237 Å². The first-order valence-electron chi connectivity index (χ1n) is 39.8. The summed E-state index contributed by atoms with van der Waals surface area (Å²) < 4.78 is 68.6. The van der Waals surface area contributed by atoms with Crippen molar-refractivity contribution < 1.29 is 80.2 Å². The third-order valence-corrected chi connectivity index (χ3v) is 20.4. The van der Waals surface area contributed by atoms with Gasteiger partial charge in [0.2, 0.25) is 0 Å². The van der Waals surface area contributed by atoms with Crippen molar-refractivity contribution >= 4 is 39.5 Å². The maximum absolute atomic E-state index is 13.1. The van der Waals surface area contributed by atoms with E-state index >= 15 is 0 Å². The lowest BCUT2D eigenvalue weighted by molar-refractivity contribution is -0.161. The highest BCUT2D eigenvalue weighted by atomic mass is 31.2. The van der Waals surface area contributed by atoms with Gasteiger partial charge in [-0.2, -0.15) is 0 Å². The molecular weight excluding hydrogens is 1260 g/mol. The molecule has 17 nitrogen and oxygen atoms in total. The van der Waals surface area contributed by atoms with Crippen LogP contribution in [0, 0.1) is 23.7 Å². The fraction of sp³-hybridized carbons (Fsp3) is 0.948. The molecule has 7 atom stereocenters. The van der Waals surface area contributed by atoms with Crippen molar-refractivity contribution in [3.05, 3.63) is 0 Å². The number of unbranched alkanes of at least 4 members (excludes halogenated alkanes) is 38. The number of rotatable bonds is 74. The molecule has 3 N–H and O–H groups in total. The van der Waals surface area contributed by atoms with E-state index in [1.54, 1.807) is 0 Å². The van der Waals surface area contributed by atoms with E-state index in [9.17, 15) is 43.2 Å². The molecule has 0 saturated carbocycles. The van der Waals surface area contributed by atoms with Crippen molar-refractivity contribution in [3.8, 4) is 0 Å². The number of phosphoric ester groups is 2. The molecule has 0 aromatic heterocycles. The molecule has 96 heavy (non-hydrogen) atoms. The van der Waals surface area contributed by atoms with Crippen LogP contribution in [-0.2, 0) is 65.4 Å². The molecule has 0 heterocycles. The van der Waals surface area contributed by atoms with E-state index in [4.69, 9.17) is 37.0 Å². The lowest BCUT2D eigenvalue weighted by atomic mass is 9.99. The average molecular weight is 1410 g/mol. The van der Waals surface area contributed by atoms with Crippen LogP contribution in [0.1, 0.15) is 389 Å². The van der Waals surface area contributed by atoms with Crippen molar-refractivity contribution in [1.29, 1.82) is 0 Å². The molecule has 570 valence electrons. The molecule has 0 aliphatic carbocycles. The summed E-state index contributed by atoms with van der Waals surface area (Å²) in [5, 5.41) is 10.6. The SMILES string of the molecule is CCC(C)CCCCCCCCCCCCCCCCC(=O)OC[C@H](COP(=O)(O)OC[C@@H](O)COP(=O)(O)OC[C@@H](COC(=O)CCCCCCCCC(C)CC)OC(=O)CCCCCCCCCCCCC(C)C)OC(=O)CCCCCCCCCCCCCCC(C)C. The number of carbonyl (C=O) groups excluding carboxylic acids is 4. The predicted molar refractivity (Wildman–Crippen MR) is 391 cm³/mol. The summed E-state index contributed by atoms with van der Waals surface area (Å²) in [4.78, 5) is 72.9. The van der Waals surface area contributed by atoms with Gasteiger partial charge < -0.3 is 33.8 Å². The number of esters is 4. The molecule has 19 heteroatoms. The number of hydrogen-bond donors (Lipinski definition) is 3. The Bertz CT molecular complexity index is 1890. The van der Waals surface area contributed by atoms with Crippen molar-refractivity contribution in [2.24, 2.45) is 23.7 Å². The third kappa shape index (κ3) is 67.9. The van der Waals surface area contributed by atoms with Crippen LogP contribution in [0.4, 0.5) is 0 Å². The molecular formula is C77H150O17P2. The van der Waals surface area contributed by atoms with Gasteiger partial charge in [-0.25, -0.2) is 9.13 Å². The van der Waals surface area contributed by atoms with Crippen LogP contribution in [0.5, 0.6) is 0 Å². The van der Waals surface area contributed by atoms with E-state index in [-0.39, 0.29) is 25.7 Å². The number of carbonyl (C=O) groups is 4. The van der Waals surface area contributed by atoms with Gasteiger partial charge in [-0.15, -0.1) is 0 Å². The Morgan fingerprint density at radius 1 is 0.292 bits per heavy atom. The van der Waals surface area contributed by atoms with Crippen LogP contribution in [0.3, 0.4) is 0 Å². The van der Waals surface area contributed by atoms with E-state index in [1.165, 1.54) is 186 Å². The molecule has 0 aliphatic heterocycles. The Morgan fingerprint density at radius 2 is 0.500 bits per heavy atom. The van der Waals surface area contributed by atoms with Gasteiger partial charge in [0.15, 0.2) is 12.2 Å². The van der Waals surface area contributed by atoms with E-state index in [1.807, 2.05) is 0 Å². The van der Waals surface area contributed by atoms with Crippen molar-refractivity contribution in [2.75, 3.05) is 39.6 Å². The zero-order valence-electron chi connectivity index (χ0n) is 63.0. The summed E-state index contributed by atoms with van der Waals surface area (Å²) in [7, 11) is -9.92. The minimum atomic E-state index is -4.96. The molecule has 0 saturated heterocycles. The second kappa shape index (κ2) is 66.3. The first kappa shape index (κ1) is 94.1. The zero-order valence-corrected chi connectivity index (χ0v) is 64.8. The van der Waals surface area contributed by atoms with E-state index < -0.39 is 97.5 Å². The van der Waals surface area contributed by atoms with Crippen LogP contribution in [-0.4, -0.2) is 96.7 Å². The monoisotopic (exact) mass is 1410 g/mol. The predicted octanol–water partition coefficient (Wildman–Crippen LogP) is 22.4. The Hall–Kier alpha value is -1.94. The molecule has 0 radical (unpaired) electrons. The molecule has 0 amide bonds. The molecule has 0 aromatic carbocycles. The second-order valence-corrected chi connectivity index (χ2v) is 32.1. The van der Waals surface area contributed by atoms with Gasteiger partial charge in [0.25, 0.3) is 0 Å². The molecule has 0 aromatic rings. The molecule has 0 rings (SSSR count). The Balaban J connectivity index is 5.25. The highest BCUT2D eigenvalue weighted by molar-refractivity contribution is 7.47. The molecule has 0 spiro atoms. The number of hydrogen-bond acceptors (Lipinski definition) is 15. The number of phosphoric acid groups is 2. The van der Waals surface area contributed by atoms with Gasteiger partial charge in [0.1, 0.15) is 19.3 Å².